The van der Waals surface area contributed by atoms with Gasteiger partial charge in [-0.05, 0) is 31.0 Å². The summed E-state index contributed by atoms with van der Waals surface area (Å²) in [5.74, 6) is -0.355. The van der Waals surface area contributed by atoms with Crippen molar-refractivity contribution >= 4 is 29.1 Å². The number of anilines is 1. The van der Waals surface area contributed by atoms with Crippen molar-refractivity contribution in [1.82, 2.24) is 15.1 Å². The molecule has 2 aromatic rings. The predicted molar refractivity (Wildman–Crippen MR) is 87.2 cm³/mol. The van der Waals surface area contributed by atoms with Gasteiger partial charge in [-0.1, -0.05) is 23.7 Å². The maximum Gasteiger partial charge on any atom is 0.249 e. The van der Waals surface area contributed by atoms with Gasteiger partial charge in [-0.25, -0.2) is 0 Å². The normalized spacial score (nSPS) is 18.0. The van der Waals surface area contributed by atoms with Gasteiger partial charge in [-0.3, -0.25) is 14.3 Å². The van der Waals surface area contributed by atoms with Crippen molar-refractivity contribution < 1.29 is 9.59 Å². The van der Waals surface area contributed by atoms with Gasteiger partial charge >= 0.3 is 0 Å². The Kier molecular flexibility index (Phi) is 4.62. The number of carbonyl (C=O) groups is 2. The molecule has 0 unspecified atom stereocenters. The molecule has 0 aliphatic carbocycles. The number of carbonyl (C=O) groups excluding carboxylic acids is 2. The lowest BCUT2D eigenvalue weighted by molar-refractivity contribution is -0.128. The molecule has 2 amide bonds. The van der Waals surface area contributed by atoms with Crippen LogP contribution in [0.25, 0.3) is 0 Å². The highest BCUT2D eigenvalue weighted by molar-refractivity contribution is 6.33. The van der Waals surface area contributed by atoms with E-state index in [0.717, 1.165) is 6.42 Å². The van der Waals surface area contributed by atoms with Crippen molar-refractivity contribution in [1.29, 1.82) is 0 Å². The van der Waals surface area contributed by atoms with Gasteiger partial charge in [0.25, 0.3) is 0 Å². The van der Waals surface area contributed by atoms with Crippen molar-refractivity contribution in [3.8, 4) is 0 Å². The van der Waals surface area contributed by atoms with Crippen LogP contribution < -0.4 is 10.2 Å². The number of amides is 2. The second-order valence-electron chi connectivity index (χ2n) is 5.41. The molecule has 6 nitrogen and oxygen atoms in total. The summed E-state index contributed by atoms with van der Waals surface area (Å²) in [5, 5.41) is 7.31. The molecule has 120 valence electrons. The van der Waals surface area contributed by atoms with Gasteiger partial charge in [-0.15, -0.1) is 0 Å². The quantitative estimate of drug-likeness (QED) is 0.929. The third-order valence-corrected chi connectivity index (χ3v) is 4.10. The van der Waals surface area contributed by atoms with Crippen LogP contribution in [-0.4, -0.2) is 34.2 Å². The smallest absolute Gasteiger partial charge is 0.249 e. The van der Waals surface area contributed by atoms with Crippen molar-refractivity contribution in [3.63, 3.8) is 0 Å². The van der Waals surface area contributed by atoms with Crippen molar-refractivity contribution in [2.45, 2.75) is 25.4 Å². The van der Waals surface area contributed by atoms with Crippen molar-refractivity contribution in [3.05, 3.63) is 47.7 Å². The predicted octanol–water partition coefficient (Wildman–Crippen LogP) is 1.85. The van der Waals surface area contributed by atoms with E-state index >= 15 is 0 Å². The number of piperidine rings is 1. The fraction of sp³-hybridized carbons (Fsp3) is 0.312. The zero-order valence-electron chi connectivity index (χ0n) is 12.5. The fourth-order valence-electron chi connectivity index (χ4n) is 2.70. The van der Waals surface area contributed by atoms with Crippen LogP contribution in [0.2, 0.25) is 5.02 Å². The standard InChI is InChI=1S/C16H17ClN4O2/c17-12-5-1-2-7-14(12)21-10-3-6-13(16(21)23)19-15(22)11-20-9-4-8-18-20/h1-2,4-5,7-9,13H,3,6,10-11H2,(H,19,22)/t13-/m1/s1. The molecule has 1 aromatic heterocycles. The van der Waals surface area contributed by atoms with E-state index in [9.17, 15) is 9.59 Å². The van der Waals surface area contributed by atoms with Gasteiger partial charge in [0.2, 0.25) is 11.8 Å². The van der Waals surface area contributed by atoms with E-state index < -0.39 is 6.04 Å². The minimum Gasteiger partial charge on any atom is -0.343 e. The number of rotatable bonds is 4. The lowest BCUT2D eigenvalue weighted by atomic mass is 10.0. The first-order chi connectivity index (χ1) is 11.1. The molecule has 1 aliphatic heterocycles. The first-order valence-corrected chi connectivity index (χ1v) is 7.85. The monoisotopic (exact) mass is 332 g/mol. The van der Waals surface area contributed by atoms with Gasteiger partial charge in [0, 0.05) is 18.9 Å². The molecular formula is C16H17ClN4O2. The number of nitrogens with one attached hydrogen (secondary N) is 1. The van der Waals surface area contributed by atoms with Crippen LogP contribution in [0.1, 0.15) is 12.8 Å². The number of benzene rings is 1. The van der Waals surface area contributed by atoms with Crippen LogP contribution >= 0.6 is 11.6 Å². The third kappa shape index (κ3) is 3.53. The average Bonchev–Trinajstić information content (AvgIpc) is 3.03. The molecule has 1 saturated heterocycles. The third-order valence-electron chi connectivity index (χ3n) is 3.78. The lowest BCUT2D eigenvalue weighted by Gasteiger charge is -2.33. The SMILES string of the molecule is O=C(Cn1cccn1)N[C@@H]1CCCN(c2ccccc2Cl)C1=O. The maximum atomic E-state index is 12.6. The molecule has 1 N–H and O–H groups in total. The summed E-state index contributed by atoms with van der Waals surface area (Å²) in [6, 6.07) is 8.46. The first-order valence-electron chi connectivity index (χ1n) is 7.48. The summed E-state index contributed by atoms with van der Waals surface area (Å²) in [6.07, 6.45) is 4.75. The van der Waals surface area contributed by atoms with Crippen LogP contribution in [0.5, 0.6) is 0 Å². The molecule has 1 atom stereocenters. The lowest BCUT2D eigenvalue weighted by Crippen LogP contribution is -2.53. The van der Waals surface area contributed by atoms with Crippen LogP contribution in [0, 0.1) is 0 Å². The highest BCUT2D eigenvalue weighted by atomic mass is 35.5. The number of aromatic nitrogens is 2. The molecule has 1 aromatic carbocycles. The van der Waals surface area contributed by atoms with Crippen molar-refractivity contribution in [2.75, 3.05) is 11.4 Å². The zero-order chi connectivity index (χ0) is 16.2. The summed E-state index contributed by atoms with van der Waals surface area (Å²) in [4.78, 5) is 26.4. The second-order valence-corrected chi connectivity index (χ2v) is 5.81. The molecule has 0 radical (unpaired) electrons. The maximum absolute atomic E-state index is 12.6. The molecule has 7 heteroatoms. The van der Waals surface area contributed by atoms with E-state index in [-0.39, 0.29) is 18.4 Å². The van der Waals surface area contributed by atoms with E-state index in [1.165, 1.54) is 4.68 Å². The molecule has 23 heavy (non-hydrogen) atoms. The van der Waals surface area contributed by atoms with Crippen LogP contribution in [0.3, 0.4) is 0 Å². The van der Waals surface area contributed by atoms with E-state index in [1.54, 1.807) is 29.4 Å². The molecule has 1 fully saturated rings. The number of hydrogen-bond acceptors (Lipinski definition) is 3. The Morgan fingerprint density at radius 1 is 1.35 bits per heavy atom. The van der Waals surface area contributed by atoms with E-state index in [2.05, 4.69) is 10.4 Å². The van der Waals surface area contributed by atoms with Crippen LogP contribution in [-0.2, 0) is 16.1 Å². The summed E-state index contributed by atoms with van der Waals surface area (Å²) in [6.45, 7) is 0.705. The Morgan fingerprint density at radius 3 is 2.91 bits per heavy atom. The first kappa shape index (κ1) is 15.6. The summed E-state index contributed by atoms with van der Waals surface area (Å²) < 4.78 is 1.52. The van der Waals surface area contributed by atoms with Gasteiger partial charge in [0.15, 0.2) is 0 Å². The van der Waals surface area contributed by atoms with E-state index in [4.69, 9.17) is 11.6 Å². The van der Waals surface area contributed by atoms with Gasteiger partial charge in [0.1, 0.15) is 12.6 Å². The summed E-state index contributed by atoms with van der Waals surface area (Å²) >= 11 is 6.18. The second kappa shape index (κ2) is 6.83. The number of hydrogen-bond donors (Lipinski definition) is 1. The average molecular weight is 333 g/mol. The molecule has 1 aliphatic rings. The Hall–Kier alpha value is -2.34. The Labute approximate surface area is 139 Å². The largest absolute Gasteiger partial charge is 0.343 e. The van der Waals surface area contributed by atoms with Gasteiger partial charge in [0.05, 0.1) is 10.7 Å². The number of halogens is 1. The molecule has 2 heterocycles. The van der Waals surface area contributed by atoms with E-state index in [1.807, 2.05) is 18.2 Å². The minimum absolute atomic E-state index is 0.100. The van der Waals surface area contributed by atoms with Crippen LogP contribution in [0.15, 0.2) is 42.7 Å². The molecule has 0 bridgehead atoms. The number of nitrogens with zero attached hydrogens (tertiary/aromatic N) is 3. The minimum atomic E-state index is -0.525. The highest BCUT2D eigenvalue weighted by Crippen LogP contribution is 2.28. The number of para-hydroxylation sites is 1. The van der Waals surface area contributed by atoms with Gasteiger partial charge < -0.3 is 10.2 Å². The summed E-state index contributed by atoms with van der Waals surface area (Å²) in [7, 11) is 0. The fourth-order valence-corrected chi connectivity index (χ4v) is 2.94. The molecule has 3 rings (SSSR count). The molecule has 0 spiro atoms. The zero-order valence-corrected chi connectivity index (χ0v) is 13.2. The molecule has 0 saturated carbocycles. The Bertz CT molecular complexity index is 702. The topological polar surface area (TPSA) is 67.2 Å². The molecular weight excluding hydrogens is 316 g/mol. The Balaban J connectivity index is 1.68. The van der Waals surface area contributed by atoms with E-state index in [0.29, 0.717) is 23.7 Å². The van der Waals surface area contributed by atoms with Crippen LogP contribution in [0.4, 0.5) is 5.69 Å². The summed E-state index contributed by atoms with van der Waals surface area (Å²) in [5.41, 5.74) is 0.685. The highest BCUT2D eigenvalue weighted by Gasteiger charge is 2.31. The van der Waals surface area contributed by atoms with Crippen molar-refractivity contribution in [2.24, 2.45) is 0 Å². The Morgan fingerprint density at radius 2 is 2.17 bits per heavy atom. The van der Waals surface area contributed by atoms with Gasteiger partial charge in [-0.2, -0.15) is 5.10 Å².